The molecule has 0 aliphatic carbocycles. The number of hydrogen-bond donors (Lipinski definition) is 2. The van der Waals surface area contributed by atoms with E-state index in [0.717, 1.165) is 24.1 Å². The second-order valence-corrected chi connectivity index (χ2v) is 8.67. The van der Waals surface area contributed by atoms with Crippen molar-refractivity contribution in [1.29, 1.82) is 0 Å². The second-order valence-electron chi connectivity index (χ2n) is 5.62. The van der Waals surface area contributed by atoms with Crippen molar-refractivity contribution in [3.05, 3.63) is 47.8 Å². The summed E-state index contributed by atoms with van der Waals surface area (Å²) < 4.78 is 0.172. The molecule has 0 bridgehead atoms. The van der Waals surface area contributed by atoms with E-state index in [1.807, 2.05) is 29.6 Å². The van der Waals surface area contributed by atoms with Crippen LogP contribution in [0.15, 0.2) is 36.5 Å². The van der Waals surface area contributed by atoms with Crippen LogP contribution < -0.4 is 5.32 Å². The molecule has 2 aliphatic rings. The molecule has 6 heteroatoms. The number of carboxylic acid groups (broad SMARTS) is 1. The van der Waals surface area contributed by atoms with Gasteiger partial charge in [0.25, 0.3) is 0 Å². The summed E-state index contributed by atoms with van der Waals surface area (Å²) >= 11 is 4.10. The number of aromatic nitrogens is 1. The summed E-state index contributed by atoms with van der Waals surface area (Å²) in [5.74, 6) is 1.40. The van der Waals surface area contributed by atoms with Crippen LogP contribution in [-0.2, 0) is 4.08 Å². The highest BCUT2D eigenvalue weighted by Gasteiger charge is 2.41. The zero-order valence-corrected chi connectivity index (χ0v) is 14.0. The van der Waals surface area contributed by atoms with Crippen LogP contribution in [0, 0.1) is 0 Å². The minimum atomic E-state index is -0.996. The molecule has 0 radical (unpaired) electrons. The third-order valence-corrected chi connectivity index (χ3v) is 7.83. The van der Waals surface area contributed by atoms with Crippen LogP contribution in [-0.4, -0.2) is 34.1 Å². The van der Waals surface area contributed by atoms with Gasteiger partial charge in [-0.15, -0.1) is 23.5 Å². The molecule has 1 spiro atoms. The highest BCUT2D eigenvalue weighted by atomic mass is 32.2. The van der Waals surface area contributed by atoms with Gasteiger partial charge in [0, 0.05) is 41.1 Å². The van der Waals surface area contributed by atoms with Crippen molar-refractivity contribution in [2.75, 3.05) is 23.4 Å². The van der Waals surface area contributed by atoms with Crippen molar-refractivity contribution < 1.29 is 9.90 Å². The van der Waals surface area contributed by atoms with Crippen molar-refractivity contribution in [2.45, 2.75) is 10.5 Å². The molecule has 1 aromatic carbocycles. The Balaban J connectivity index is 1.75. The number of hydrogen-bond acceptors (Lipinski definition) is 5. The Kier molecular flexibility index (Phi) is 3.73. The largest absolute Gasteiger partial charge is 0.477 e. The summed E-state index contributed by atoms with van der Waals surface area (Å²) in [5, 5.41) is 12.5. The van der Waals surface area contributed by atoms with Gasteiger partial charge in [0.05, 0.1) is 4.08 Å². The molecule has 0 amide bonds. The summed E-state index contributed by atoms with van der Waals surface area (Å²) in [6.07, 6.45) is 2.78. The van der Waals surface area contributed by atoms with Crippen LogP contribution in [0.4, 0.5) is 5.69 Å². The molecule has 4 rings (SSSR count). The lowest BCUT2D eigenvalue weighted by Crippen LogP contribution is -2.26. The molecule has 2 N–H and O–H groups in total. The van der Waals surface area contributed by atoms with Crippen molar-refractivity contribution >= 4 is 35.2 Å². The van der Waals surface area contributed by atoms with Gasteiger partial charge in [-0.05, 0) is 30.2 Å². The van der Waals surface area contributed by atoms with E-state index in [0.29, 0.717) is 0 Å². The Morgan fingerprint density at radius 2 is 1.96 bits per heavy atom. The Labute approximate surface area is 143 Å². The maximum Gasteiger partial charge on any atom is 0.354 e. The highest BCUT2D eigenvalue weighted by Crippen LogP contribution is 2.57. The smallest absolute Gasteiger partial charge is 0.354 e. The van der Waals surface area contributed by atoms with Crippen LogP contribution in [0.5, 0.6) is 0 Å². The van der Waals surface area contributed by atoms with Crippen molar-refractivity contribution in [2.24, 2.45) is 0 Å². The van der Waals surface area contributed by atoms with Crippen molar-refractivity contribution in [3.63, 3.8) is 0 Å². The Morgan fingerprint density at radius 3 is 2.65 bits per heavy atom. The number of benzene rings is 1. The molecular weight excluding hydrogens is 328 g/mol. The molecule has 2 aliphatic heterocycles. The van der Waals surface area contributed by atoms with Crippen LogP contribution in [0.25, 0.3) is 11.1 Å². The number of carbonyl (C=O) groups is 1. The number of pyridine rings is 1. The number of anilines is 1. The van der Waals surface area contributed by atoms with E-state index in [4.69, 9.17) is 5.11 Å². The highest BCUT2D eigenvalue weighted by molar-refractivity contribution is 8.20. The normalized spacial score (nSPS) is 18.4. The first-order valence-corrected chi connectivity index (χ1v) is 9.51. The average Bonchev–Trinajstić information content (AvgIpc) is 3.04. The fraction of sp³-hybridized carbons (Fsp3) is 0.294. The van der Waals surface area contributed by atoms with Gasteiger partial charge in [-0.3, -0.25) is 0 Å². The summed E-state index contributed by atoms with van der Waals surface area (Å²) in [6.45, 7) is 1.02. The second kappa shape index (κ2) is 5.76. The summed E-state index contributed by atoms with van der Waals surface area (Å²) in [4.78, 5) is 15.0. The number of fused-ring (bicyclic) bond motifs is 2. The molecule has 1 saturated heterocycles. The maximum atomic E-state index is 10.9. The predicted molar refractivity (Wildman–Crippen MR) is 96.3 cm³/mol. The van der Waals surface area contributed by atoms with Crippen molar-refractivity contribution in [1.82, 2.24) is 4.98 Å². The van der Waals surface area contributed by atoms with E-state index < -0.39 is 5.97 Å². The first-order chi connectivity index (χ1) is 11.2. The third kappa shape index (κ3) is 2.60. The van der Waals surface area contributed by atoms with Gasteiger partial charge in [-0.2, -0.15) is 0 Å². The standard InChI is InChI=1S/C17H16N2O2S2/c20-16(21)15-4-2-12(10-19-15)11-1-3-14-13(9-11)17(5-6-18-14)22-7-8-23-17/h1-4,9-10,18H,5-8H2,(H,20,21). The minimum absolute atomic E-state index is 0.0757. The van der Waals surface area contributed by atoms with E-state index in [2.05, 4.69) is 28.5 Å². The first kappa shape index (κ1) is 14.9. The topological polar surface area (TPSA) is 62.2 Å². The van der Waals surface area contributed by atoms with Crippen LogP contribution >= 0.6 is 23.5 Å². The maximum absolute atomic E-state index is 10.9. The zero-order chi connectivity index (χ0) is 15.9. The fourth-order valence-electron chi connectivity index (χ4n) is 3.14. The molecule has 4 nitrogen and oxygen atoms in total. The van der Waals surface area contributed by atoms with E-state index in [-0.39, 0.29) is 9.77 Å². The molecule has 1 fully saturated rings. The van der Waals surface area contributed by atoms with E-state index in [1.165, 1.54) is 22.8 Å². The Bertz CT molecular complexity index is 756. The minimum Gasteiger partial charge on any atom is -0.477 e. The molecule has 0 saturated carbocycles. The molecule has 0 atom stereocenters. The molecule has 2 aromatic rings. The van der Waals surface area contributed by atoms with Gasteiger partial charge in [-0.25, -0.2) is 9.78 Å². The van der Waals surface area contributed by atoms with E-state index in [1.54, 1.807) is 12.3 Å². The number of rotatable bonds is 2. The van der Waals surface area contributed by atoms with Crippen LogP contribution in [0.3, 0.4) is 0 Å². The van der Waals surface area contributed by atoms with Crippen molar-refractivity contribution in [3.8, 4) is 11.1 Å². The van der Waals surface area contributed by atoms with Gasteiger partial charge in [0.1, 0.15) is 5.69 Å². The lowest BCUT2D eigenvalue weighted by atomic mass is 9.97. The quantitative estimate of drug-likeness (QED) is 0.862. The average molecular weight is 344 g/mol. The number of nitrogens with zero attached hydrogens (tertiary/aromatic N) is 1. The lowest BCUT2D eigenvalue weighted by molar-refractivity contribution is 0.0690. The predicted octanol–water partition coefficient (Wildman–Crippen LogP) is 3.90. The molecule has 23 heavy (non-hydrogen) atoms. The Morgan fingerprint density at radius 1 is 1.17 bits per heavy atom. The molecule has 1 aromatic heterocycles. The van der Waals surface area contributed by atoms with Crippen LogP contribution in [0.1, 0.15) is 22.5 Å². The Hall–Kier alpha value is -1.66. The van der Waals surface area contributed by atoms with Gasteiger partial charge in [-0.1, -0.05) is 12.1 Å². The van der Waals surface area contributed by atoms with Gasteiger partial charge >= 0.3 is 5.97 Å². The SMILES string of the molecule is O=C(O)c1ccc(-c2ccc3c(c2)C2(CCN3)SCCS2)cn1. The first-order valence-electron chi connectivity index (χ1n) is 7.54. The van der Waals surface area contributed by atoms with Gasteiger partial charge in [0.15, 0.2) is 0 Å². The number of carboxylic acids is 1. The van der Waals surface area contributed by atoms with Gasteiger partial charge < -0.3 is 10.4 Å². The summed E-state index contributed by atoms with van der Waals surface area (Å²) in [7, 11) is 0. The summed E-state index contributed by atoms with van der Waals surface area (Å²) in [5.41, 5.74) is 4.69. The number of thioether (sulfide) groups is 2. The monoisotopic (exact) mass is 344 g/mol. The number of aromatic carboxylic acids is 1. The molecule has 3 heterocycles. The molecule has 0 unspecified atom stereocenters. The molecule has 118 valence electrons. The lowest BCUT2D eigenvalue weighted by Gasteiger charge is -2.35. The van der Waals surface area contributed by atoms with E-state index in [9.17, 15) is 4.79 Å². The summed E-state index contributed by atoms with van der Waals surface area (Å²) in [6, 6.07) is 9.84. The third-order valence-electron chi connectivity index (χ3n) is 4.27. The van der Waals surface area contributed by atoms with E-state index >= 15 is 0 Å². The van der Waals surface area contributed by atoms with Crippen LogP contribution in [0.2, 0.25) is 0 Å². The number of nitrogens with one attached hydrogen (secondary N) is 1. The fourth-order valence-corrected chi connectivity index (χ4v) is 6.44. The zero-order valence-electron chi connectivity index (χ0n) is 12.4. The van der Waals surface area contributed by atoms with Gasteiger partial charge in [0.2, 0.25) is 0 Å². The molecular formula is C17H16N2O2S2.